The van der Waals surface area contributed by atoms with Gasteiger partial charge in [-0.25, -0.2) is 4.79 Å². The van der Waals surface area contributed by atoms with Gasteiger partial charge in [-0.2, -0.15) is 11.8 Å². The molecule has 0 radical (unpaired) electrons. The van der Waals surface area contributed by atoms with E-state index >= 15 is 0 Å². The second-order valence-electron chi connectivity index (χ2n) is 8.10. The van der Waals surface area contributed by atoms with Crippen LogP contribution in [0.5, 0.6) is 0 Å². The molecule has 1 heterocycles. The van der Waals surface area contributed by atoms with E-state index in [1.807, 2.05) is 11.8 Å². The fraction of sp³-hybridized carbons (Fsp3) is 0.895. The number of hydrogen-bond donors (Lipinski definition) is 3. The number of carbonyl (C=O) groups is 2. The minimum atomic E-state index is -0.702. The van der Waals surface area contributed by atoms with Crippen LogP contribution < -0.4 is 10.6 Å². The highest BCUT2D eigenvalue weighted by Gasteiger charge is 2.38. The van der Waals surface area contributed by atoms with Crippen LogP contribution in [0.4, 0.5) is 4.79 Å². The number of hydrogen-bond acceptors (Lipinski definition) is 4. The molecule has 3 N–H and O–H groups in total. The summed E-state index contributed by atoms with van der Waals surface area (Å²) in [5, 5.41) is 15.3. The van der Waals surface area contributed by atoms with Crippen molar-refractivity contribution in [1.82, 2.24) is 15.5 Å². The van der Waals surface area contributed by atoms with E-state index in [0.29, 0.717) is 12.8 Å². The van der Waals surface area contributed by atoms with E-state index in [9.17, 15) is 9.59 Å². The largest absolute Gasteiger partial charge is 0.481 e. The van der Waals surface area contributed by atoms with Gasteiger partial charge in [0.2, 0.25) is 0 Å². The van der Waals surface area contributed by atoms with Crippen molar-refractivity contribution < 1.29 is 14.7 Å². The highest BCUT2D eigenvalue weighted by atomic mass is 32.2. The van der Waals surface area contributed by atoms with Gasteiger partial charge in [-0.15, -0.1) is 0 Å². The van der Waals surface area contributed by atoms with Crippen LogP contribution in [-0.4, -0.2) is 64.7 Å². The number of carboxylic acids is 1. The van der Waals surface area contributed by atoms with Gasteiger partial charge in [0.1, 0.15) is 0 Å². The molecule has 3 aliphatic rings. The first-order valence-corrected chi connectivity index (χ1v) is 11.3. The molecule has 0 bridgehead atoms. The van der Waals surface area contributed by atoms with Crippen LogP contribution in [0.2, 0.25) is 0 Å². The van der Waals surface area contributed by atoms with E-state index in [0.717, 1.165) is 32.5 Å². The zero-order valence-electron chi connectivity index (χ0n) is 15.7. The molecule has 0 aromatic heterocycles. The summed E-state index contributed by atoms with van der Waals surface area (Å²) in [4.78, 5) is 26.1. The van der Waals surface area contributed by atoms with Crippen molar-refractivity contribution in [2.45, 2.75) is 69.4 Å². The minimum absolute atomic E-state index is 0.0832. The number of amides is 2. The van der Waals surface area contributed by atoms with Gasteiger partial charge in [-0.1, -0.05) is 19.3 Å². The third-order valence-electron chi connectivity index (χ3n) is 6.46. The zero-order chi connectivity index (χ0) is 18.4. The molecule has 3 fully saturated rings. The Hall–Kier alpha value is -0.950. The number of carboxylic acid groups (broad SMARTS) is 1. The summed E-state index contributed by atoms with van der Waals surface area (Å²) in [5.74, 6) is 1.45. The van der Waals surface area contributed by atoms with E-state index in [-0.39, 0.29) is 23.5 Å². The Morgan fingerprint density at radius 2 is 1.69 bits per heavy atom. The number of urea groups is 1. The van der Waals surface area contributed by atoms with E-state index < -0.39 is 5.97 Å². The van der Waals surface area contributed by atoms with E-state index in [1.165, 1.54) is 43.6 Å². The molecular weight excluding hydrogens is 350 g/mol. The van der Waals surface area contributed by atoms with Gasteiger partial charge in [0.15, 0.2) is 0 Å². The Labute approximate surface area is 160 Å². The van der Waals surface area contributed by atoms with Crippen molar-refractivity contribution in [2.75, 3.05) is 31.1 Å². The van der Waals surface area contributed by atoms with Crippen molar-refractivity contribution in [3.8, 4) is 0 Å². The van der Waals surface area contributed by atoms with Crippen LogP contribution in [0, 0.1) is 5.92 Å². The molecule has 1 saturated heterocycles. The Kier molecular flexibility index (Phi) is 7.09. The molecule has 0 atom stereocenters. The number of aliphatic carboxylic acids is 1. The van der Waals surface area contributed by atoms with Gasteiger partial charge in [-0.05, 0) is 38.5 Å². The van der Waals surface area contributed by atoms with Crippen LogP contribution in [-0.2, 0) is 4.79 Å². The average Bonchev–Trinajstić information content (AvgIpc) is 2.68. The number of nitrogens with one attached hydrogen (secondary N) is 2. The van der Waals surface area contributed by atoms with Gasteiger partial charge >= 0.3 is 12.0 Å². The Bertz CT molecular complexity index is 482. The lowest BCUT2D eigenvalue weighted by Gasteiger charge is -2.48. The molecule has 2 amide bonds. The number of nitrogens with zero attached hydrogens (tertiary/aromatic N) is 1. The smallest absolute Gasteiger partial charge is 0.315 e. The maximum atomic E-state index is 12.4. The summed E-state index contributed by atoms with van der Waals surface area (Å²) in [6.45, 7) is 2.99. The maximum absolute atomic E-state index is 12.4. The monoisotopic (exact) mass is 383 g/mol. The second kappa shape index (κ2) is 9.31. The van der Waals surface area contributed by atoms with Crippen molar-refractivity contribution >= 4 is 23.8 Å². The van der Waals surface area contributed by atoms with Crippen molar-refractivity contribution in [2.24, 2.45) is 5.92 Å². The molecule has 0 aromatic rings. The average molecular weight is 384 g/mol. The highest BCUT2D eigenvalue weighted by Crippen LogP contribution is 2.34. The third kappa shape index (κ3) is 5.06. The zero-order valence-corrected chi connectivity index (χ0v) is 16.5. The molecule has 6 nitrogen and oxygen atoms in total. The molecule has 7 heteroatoms. The van der Waals surface area contributed by atoms with Gasteiger partial charge < -0.3 is 15.7 Å². The van der Waals surface area contributed by atoms with Gasteiger partial charge in [0, 0.05) is 42.7 Å². The fourth-order valence-corrected chi connectivity index (χ4v) is 5.72. The predicted octanol–water partition coefficient (Wildman–Crippen LogP) is 2.68. The van der Waals surface area contributed by atoms with Crippen molar-refractivity contribution in [3.05, 3.63) is 0 Å². The van der Waals surface area contributed by atoms with Crippen LogP contribution in [0.3, 0.4) is 0 Å². The molecule has 148 valence electrons. The first kappa shape index (κ1) is 19.8. The first-order chi connectivity index (χ1) is 12.6. The Morgan fingerprint density at radius 1 is 1.04 bits per heavy atom. The topological polar surface area (TPSA) is 81.7 Å². The van der Waals surface area contributed by atoms with E-state index in [2.05, 4.69) is 15.5 Å². The molecule has 26 heavy (non-hydrogen) atoms. The van der Waals surface area contributed by atoms with Crippen molar-refractivity contribution in [1.29, 1.82) is 0 Å². The minimum Gasteiger partial charge on any atom is -0.481 e. The van der Waals surface area contributed by atoms with Crippen LogP contribution in [0.15, 0.2) is 0 Å². The molecule has 3 rings (SSSR count). The number of thioether (sulfide) groups is 1. The van der Waals surface area contributed by atoms with Crippen LogP contribution >= 0.6 is 11.8 Å². The lowest BCUT2D eigenvalue weighted by molar-refractivity contribution is -0.142. The third-order valence-corrected chi connectivity index (χ3v) is 7.40. The molecule has 0 aromatic carbocycles. The SMILES string of the molecule is O=C(NCC1(N2CCSCC2)CCCCC1)NC1CCC(C(=O)O)CC1. The summed E-state index contributed by atoms with van der Waals surface area (Å²) in [6.07, 6.45) is 9.04. The normalized spacial score (nSPS) is 29.7. The molecule has 2 saturated carbocycles. The van der Waals surface area contributed by atoms with Gasteiger partial charge in [-0.3, -0.25) is 9.69 Å². The highest BCUT2D eigenvalue weighted by molar-refractivity contribution is 7.99. The Morgan fingerprint density at radius 3 is 2.31 bits per heavy atom. The lowest BCUT2D eigenvalue weighted by Crippen LogP contribution is -2.60. The number of rotatable bonds is 5. The molecule has 2 aliphatic carbocycles. The fourth-order valence-electron chi connectivity index (χ4n) is 4.82. The molecule has 0 unspecified atom stereocenters. The summed E-state index contributed by atoms with van der Waals surface area (Å²) >= 11 is 2.03. The molecule has 1 aliphatic heterocycles. The maximum Gasteiger partial charge on any atom is 0.315 e. The van der Waals surface area contributed by atoms with Crippen LogP contribution in [0.25, 0.3) is 0 Å². The predicted molar refractivity (Wildman–Crippen MR) is 105 cm³/mol. The second-order valence-corrected chi connectivity index (χ2v) is 9.32. The van der Waals surface area contributed by atoms with Crippen molar-refractivity contribution in [3.63, 3.8) is 0 Å². The number of carbonyl (C=O) groups excluding carboxylic acids is 1. The Balaban J connectivity index is 1.47. The summed E-state index contributed by atoms with van der Waals surface area (Å²) in [5.41, 5.74) is 0.136. The van der Waals surface area contributed by atoms with Gasteiger partial charge in [0.25, 0.3) is 0 Å². The summed E-state index contributed by atoms with van der Waals surface area (Å²) < 4.78 is 0. The van der Waals surface area contributed by atoms with E-state index in [1.54, 1.807) is 0 Å². The standard InChI is InChI=1S/C19H33N3O3S/c23-17(24)15-4-6-16(7-5-15)21-18(25)20-14-19(8-2-1-3-9-19)22-10-12-26-13-11-22/h15-16H,1-14H2,(H,23,24)(H2,20,21,25). The quantitative estimate of drug-likeness (QED) is 0.680. The van der Waals surface area contributed by atoms with E-state index in [4.69, 9.17) is 5.11 Å². The van der Waals surface area contributed by atoms with Gasteiger partial charge in [0.05, 0.1) is 5.92 Å². The first-order valence-electron chi connectivity index (χ1n) is 10.2. The molecule has 0 spiro atoms. The lowest BCUT2D eigenvalue weighted by atomic mass is 9.80. The summed E-state index contributed by atoms with van der Waals surface area (Å²) in [6, 6.07) is 0.0272. The van der Waals surface area contributed by atoms with Crippen LogP contribution in [0.1, 0.15) is 57.8 Å². The molecular formula is C19H33N3O3S. The summed E-state index contributed by atoms with van der Waals surface area (Å²) in [7, 11) is 0.